The first-order valence-electron chi connectivity index (χ1n) is 11.0. The maximum absolute atomic E-state index is 13.4. The summed E-state index contributed by atoms with van der Waals surface area (Å²) in [6.07, 6.45) is 3.69. The summed E-state index contributed by atoms with van der Waals surface area (Å²) >= 11 is 0. The van der Waals surface area contributed by atoms with E-state index in [1.165, 1.54) is 0 Å². The molecule has 8 heteroatoms. The van der Waals surface area contributed by atoms with Crippen LogP contribution in [-0.2, 0) is 4.79 Å². The lowest BCUT2D eigenvalue weighted by molar-refractivity contribution is -0.136. The molecule has 32 heavy (non-hydrogen) atoms. The van der Waals surface area contributed by atoms with E-state index in [1.807, 2.05) is 40.1 Å². The number of nitriles is 1. The minimum atomic E-state index is -0.291. The lowest BCUT2D eigenvalue weighted by Crippen LogP contribution is -2.51. The van der Waals surface area contributed by atoms with Gasteiger partial charge in [0.2, 0.25) is 17.5 Å². The average molecular weight is 431 g/mol. The Morgan fingerprint density at radius 2 is 1.75 bits per heavy atom. The second kappa shape index (κ2) is 8.89. The van der Waals surface area contributed by atoms with Crippen molar-refractivity contribution in [1.82, 2.24) is 14.8 Å². The number of oxazole rings is 1. The van der Waals surface area contributed by atoms with Crippen molar-refractivity contribution in [2.45, 2.75) is 18.9 Å². The predicted octanol–water partition coefficient (Wildman–Crippen LogP) is 3.29. The molecule has 3 aromatic rings. The van der Waals surface area contributed by atoms with Crippen LogP contribution in [0.2, 0.25) is 0 Å². The molecule has 0 radical (unpaired) electrons. The van der Waals surface area contributed by atoms with Crippen molar-refractivity contribution in [3.8, 4) is 17.7 Å². The van der Waals surface area contributed by atoms with Gasteiger partial charge in [-0.05, 0) is 30.5 Å². The van der Waals surface area contributed by atoms with Crippen LogP contribution in [0.1, 0.15) is 30.1 Å². The lowest BCUT2D eigenvalue weighted by atomic mass is 10.0. The number of amides is 1. The molecule has 2 aromatic heterocycles. The lowest BCUT2D eigenvalue weighted by Gasteiger charge is -2.39. The van der Waals surface area contributed by atoms with Gasteiger partial charge in [-0.1, -0.05) is 30.3 Å². The molecule has 0 unspecified atom stereocenters. The number of hydrogen-bond acceptors (Lipinski definition) is 7. The molecular formula is C24H25N5O3. The van der Waals surface area contributed by atoms with Crippen molar-refractivity contribution in [3.63, 3.8) is 0 Å². The standard InChI is InChI=1S/C24H25N5O3/c25-17-19-24(32-22(26-19)20-9-6-16-31-20)29-14-12-27(13-15-29)21(18-7-2-1-3-8-18)23(30)28-10-4-5-11-28/h1-3,6-9,16,21H,4-5,10-15H2/t21-/m0/s1. The first-order chi connectivity index (χ1) is 15.7. The van der Waals surface area contributed by atoms with Crippen LogP contribution in [0.25, 0.3) is 11.7 Å². The van der Waals surface area contributed by atoms with Gasteiger partial charge in [0.15, 0.2) is 5.76 Å². The number of carbonyl (C=O) groups is 1. The first kappa shape index (κ1) is 20.3. The Kier molecular flexibility index (Phi) is 5.65. The average Bonchev–Trinajstić information content (AvgIpc) is 3.62. The number of benzene rings is 1. The molecule has 0 N–H and O–H groups in total. The Balaban J connectivity index is 1.34. The Bertz CT molecular complexity index is 1090. The highest BCUT2D eigenvalue weighted by Gasteiger charge is 2.35. The van der Waals surface area contributed by atoms with E-state index in [0.29, 0.717) is 43.7 Å². The number of nitrogens with zero attached hydrogens (tertiary/aromatic N) is 5. The Hall–Kier alpha value is -3.57. The predicted molar refractivity (Wildman–Crippen MR) is 118 cm³/mol. The Morgan fingerprint density at radius 1 is 1.00 bits per heavy atom. The topological polar surface area (TPSA) is 89.7 Å². The first-order valence-corrected chi connectivity index (χ1v) is 11.0. The Labute approximate surface area is 186 Å². The highest BCUT2D eigenvalue weighted by Crippen LogP contribution is 2.31. The van der Waals surface area contributed by atoms with Crippen LogP contribution in [0.4, 0.5) is 5.88 Å². The molecule has 2 aliphatic rings. The zero-order valence-electron chi connectivity index (χ0n) is 17.8. The van der Waals surface area contributed by atoms with Crippen LogP contribution >= 0.6 is 0 Å². The third-order valence-electron chi connectivity index (χ3n) is 6.18. The van der Waals surface area contributed by atoms with E-state index in [4.69, 9.17) is 8.83 Å². The van der Waals surface area contributed by atoms with Crippen LogP contribution in [-0.4, -0.2) is 60.0 Å². The maximum atomic E-state index is 13.4. The molecule has 4 heterocycles. The van der Waals surface area contributed by atoms with E-state index in [0.717, 1.165) is 31.5 Å². The molecule has 8 nitrogen and oxygen atoms in total. The third-order valence-corrected chi connectivity index (χ3v) is 6.18. The summed E-state index contributed by atoms with van der Waals surface area (Å²) in [5.41, 5.74) is 1.27. The summed E-state index contributed by atoms with van der Waals surface area (Å²) in [6, 6.07) is 15.4. The fraction of sp³-hybridized carbons (Fsp3) is 0.375. The van der Waals surface area contributed by atoms with Crippen LogP contribution in [0.5, 0.6) is 0 Å². The van der Waals surface area contributed by atoms with Crippen molar-refractivity contribution in [1.29, 1.82) is 5.26 Å². The molecule has 2 saturated heterocycles. The Morgan fingerprint density at radius 3 is 2.41 bits per heavy atom. The van der Waals surface area contributed by atoms with Gasteiger partial charge in [-0.3, -0.25) is 9.69 Å². The molecular weight excluding hydrogens is 406 g/mol. The third kappa shape index (κ3) is 3.87. The summed E-state index contributed by atoms with van der Waals surface area (Å²) in [5, 5.41) is 9.55. The van der Waals surface area contributed by atoms with Gasteiger partial charge in [-0.15, -0.1) is 0 Å². The molecule has 164 valence electrons. The smallest absolute Gasteiger partial charge is 0.266 e. The van der Waals surface area contributed by atoms with Gasteiger partial charge in [-0.25, -0.2) is 0 Å². The molecule has 2 aliphatic heterocycles. The van der Waals surface area contributed by atoms with Gasteiger partial charge < -0.3 is 18.6 Å². The summed E-state index contributed by atoms with van der Waals surface area (Å²) < 4.78 is 11.3. The van der Waals surface area contributed by atoms with E-state index in [-0.39, 0.29) is 17.6 Å². The summed E-state index contributed by atoms with van der Waals surface area (Å²) in [7, 11) is 0. The zero-order valence-corrected chi connectivity index (χ0v) is 17.8. The van der Waals surface area contributed by atoms with E-state index in [1.54, 1.807) is 18.4 Å². The van der Waals surface area contributed by atoms with Gasteiger partial charge in [-0.2, -0.15) is 10.2 Å². The van der Waals surface area contributed by atoms with Crippen molar-refractivity contribution < 1.29 is 13.6 Å². The molecule has 2 fully saturated rings. The van der Waals surface area contributed by atoms with Crippen molar-refractivity contribution in [3.05, 3.63) is 60.0 Å². The summed E-state index contributed by atoms with van der Waals surface area (Å²) in [4.78, 5) is 24.0. The SMILES string of the molecule is N#Cc1nc(-c2ccco2)oc1N1CCN([C@H](C(=O)N2CCCC2)c2ccccc2)CC1. The van der Waals surface area contributed by atoms with Gasteiger partial charge in [0, 0.05) is 39.3 Å². The van der Waals surface area contributed by atoms with Gasteiger partial charge in [0.25, 0.3) is 5.89 Å². The summed E-state index contributed by atoms with van der Waals surface area (Å²) in [6.45, 7) is 4.31. The fourth-order valence-corrected chi connectivity index (χ4v) is 4.54. The number of carbonyl (C=O) groups excluding carboxylic acids is 1. The number of likely N-dealkylation sites (tertiary alicyclic amines) is 1. The van der Waals surface area contributed by atoms with Crippen molar-refractivity contribution >= 4 is 11.8 Å². The highest BCUT2D eigenvalue weighted by molar-refractivity contribution is 5.83. The molecule has 5 rings (SSSR count). The largest absolute Gasteiger partial charge is 0.459 e. The normalized spacial score (nSPS) is 18.0. The van der Waals surface area contributed by atoms with E-state index in [2.05, 4.69) is 16.0 Å². The van der Waals surface area contributed by atoms with Crippen LogP contribution in [0, 0.1) is 11.3 Å². The van der Waals surface area contributed by atoms with Crippen molar-refractivity contribution in [2.75, 3.05) is 44.2 Å². The second-order valence-electron chi connectivity index (χ2n) is 8.13. The van der Waals surface area contributed by atoms with Crippen LogP contribution in [0.15, 0.2) is 57.6 Å². The van der Waals surface area contributed by atoms with E-state index >= 15 is 0 Å². The van der Waals surface area contributed by atoms with Crippen molar-refractivity contribution in [2.24, 2.45) is 0 Å². The molecule has 1 atom stereocenters. The number of piperazine rings is 1. The van der Waals surface area contributed by atoms with E-state index in [9.17, 15) is 10.1 Å². The molecule has 1 aromatic carbocycles. The van der Waals surface area contributed by atoms with Gasteiger partial charge in [0.1, 0.15) is 12.1 Å². The quantitative estimate of drug-likeness (QED) is 0.612. The van der Waals surface area contributed by atoms with Gasteiger partial charge in [0.05, 0.1) is 6.26 Å². The minimum absolute atomic E-state index is 0.180. The van der Waals surface area contributed by atoms with E-state index < -0.39 is 0 Å². The maximum Gasteiger partial charge on any atom is 0.266 e. The molecule has 1 amide bonds. The molecule has 0 aliphatic carbocycles. The number of rotatable bonds is 5. The number of furan rings is 1. The molecule has 0 spiro atoms. The fourth-order valence-electron chi connectivity index (χ4n) is 4.54. The molecule has 0 saturated carbocycles. The second-order valence-corrected chi connectivity index (χ2v) is 8.13. The number of aromatic nitrogens is 1. The van der Waals surface area contributed by atoms with Gasteiger partial charge >= 0.3 is 0 Å². The number of hydrogen-bond donors (Lipinski definition) is 0. The monoisotopic (exact) mass is 431 g/mol. The highest BCUT2D eigenvalue weighted by atomic mass is 16.4. The molecule has 0 bridgehead atoms. The van der Waals surface area contributed by atoms with Crippen LogP contribution in [0.3, 0.4) is 0 Å². The zero-order chi connectivity index (χ0) is 21.9. The number of anilines is 1. The summed E-state index contributed by atoms with van der Waals surface area (Å²) in [5.74, 6) is 1.43. The minimum Gasteiger partial charge on any atom is -0.459 e. The van der Waals surface area contributed by atoms with Crippen LogP contribution < -0.4 is 4.90 Å².